The monoisotopic (exact) mass is 506 g/mol. The fraction of sp³-hybridized carbons (Fsp3) is 0.560. The van der Waals surface area contributed by atoms with Crippen LogP contribution in [0.5, 0.6) is 0 Å². The van der Waals surface area contributed by atoms with Gasteiger partial charge >= 0.3 is 23.9 Å². The second kappa shape index (κ2) is 13.6. The van der Waals surface area contributed by atoms with E-state index in [1.807, 2.05) is 30.3 Å². The number of fused-ring (bicyclic) bond motifs is 1. The number of rotatable bonds is 9. The van der Waals surface area contributed by atoms with Crippen LogP contribution < -0.4 is 5.32 Å². The number of carbonyl (C=O) groups is 5. The Morgan fingerprint density at radius 2 is 1.69 bits per heavy atom. The number of carboxylic acid groups (broad SMARTS) is 3. The molecule has 2 aliphatic rings. The first-order chi connectivity index (χ1) is 17.1. The van der Waals surface area contributed by atoms with Gasteiger partial charge in [0, 0.05) is 6.04 Å². The van der Waals surface area contributed by atoms with Crippen molar-refractivity contribution in [1.29, 1.82) is 0 Å². The average Bonchev–Trinajstić information content (AvgIpc) is 3.44. The van der Waals surface area contributed by atoms with Crippen LogP contribution in [-0.4, -0.2) is 80.8 Å². The third-order valence-electron chi connectivity index (χ3n) is 6.52. The number of nitrogens with one attached hydrogen (secondary N) is 1. The summed E-state index contributed by atoms with van der Waals surface area (Å²) < 4.78 is 5.21. The molecule has 4 N–H and O–H groups in total. The van der Waals surface area contributed by atoms with Crippen molar-refractivity contribution in [2.45, 2.75) is 76.5 Å². The number of nitrogens with zero attached hydrogens (tertiary/aromatic N) is 1. The summed E-state index contributed by atoms with van der Waals surface area (Å²) in [5.41, 5.74) is 1.10. The standard InChI is InChI=1S/C23H32N2O5.C2H2O4/c1-3-30-23(29)18(13-12-16-8-5-4-6-9-16)24-15(2)21(26)25-19-11-7-10-17(19)14-20(25)22(27)28;3-1(4)2(5)6/h4-6,8-9,15,17-20,24H,3,7,10-14H2,1-2H3,(H,27,28);(H,3,4)(H,5,6)/t15-,17-,18+,19-,20-;/m0./s1. The minimum Gasteiger partial charge on any atom is -0.480 e. The number of likely N-dealkylation sites (tertiary alicyclic amines) is 1. The molecule has 3 rings (SSSR count). The Morgan fingerprint density at radius 3 is 2.25 bits per heavy atom. The van der Waals surface area contributed by atoms with Gasteiger partial charge in [0.05, 0.1) is 12.6 Å². The van der Waals surface area contributed by atoms with Gasteiger partial charge in [0.1, 0.15) is 12.1 Å². The van der Waals surface area contributed by atoms with Gasteiger partial charge in [-0.3, -0.25) is 14.9 Å². The van der Waals surface area contributed by atoms with Crippen molar-refractivity contribution >= 4 is 29.8 Å². The smallest absolute Gasteiger partial charge is 0.414 e. The van der Waals surface area contributed by atoms with Crippen molar-refractivity contribution in [1.82, 2.24) is 10.2 Å². The summed E-state index contributed by atoms with van der Waals surface area (Å²) in [7, 11) is 0. The van der Waals surface area contributed by atoms with Gasteiger partial charge in [0.2, 0.25) is 5.91 Å². The fourth-order valence-electron chi connectivity index (χ4n) is 4.89. The molecule has 0 radical (unpaired) electrons. The summed E-state index contributed by atoms with van der Waals surface area (Å²) in [6.45, 7) is 3.72. The molecule has 0 aromatic heterocycles. The predicted octanol–water partition coefficient (Wildman–Crippen LogP) is 1.54. The zero-order valence-electron chi connectivity index (χ0n) is 20.5. The molecule has 36 heavy (non-hydrogen) atoms. The summed E-state index contributed by atoms with van der Waals surface area (Å²) in [5, 5.41) is 27.5. The first-order valence-corrected chi connectivity index (χ1v) is 12.0. The molecule has 5 atom stereocenters. The number of aliphatic carboxylic acids is 3. The van der Waals surface area contributed by atoms with Crippen LogP contribution in [0, 0.1) is 5.92 Å². The fourth-order valence-corrected chi connectivity index (χ4v) is 4.89. The first-order valence-electron chi connectivity index (χ1n) is 12.0. The molecule has 198 valence electrons. The third kappa shape index (κ3) is 7.77. The maximum Gasteiger partial charge on any atom is 0.414 e. The zero-order chi connectivity index (χ0) is 26.8. The number of carboxylic acids is 3. The van der Waals surface area contributed by atoms with Crippen LogP contribution in [0.1, 0.15) is 51.5 Å². The second-order valence-corrected chi connectivity index (χ2v) is 8.92. The summed E-state index contributed by atoms with van der Waals surface area (Å²) in [6.07, 6.45) is 4.54. The average molecular weight is 507 g/mol. The molecule has 11 nitrogen and oxygen atoms in total. The molecular weight excluding hydrogens is 472 g/mol. The maximum atomic E-state index is 13.2. The van der Waals surface area contributed by atoms with Crippen molar-refractivity contribution in [3.8, 4) is 0 Å². The molecule has 0 bridgehead atoms. The van der Waals surface area contributed by atoms with Gasteiger partial charge in [-0.2, -0.15) is 0 Å². The van der Waals surface area contributed by atoms with E-state index in [2.05, 4.69) is 5.32 Å². The minimum atomic E-state index is -1.82. The Hall–Kier alpha value is -3.47. The number of ether oxygens (including phenoxy) is 1. The van der Waals surface area contributed by atoms with Gasteiger partial charge in [0.25, 0.3) is 0 Å². The molecule has 1 heterocycles. The number of hydrogen-bond acceptors (Lipinski definition) is 7. The van der Waals surface area contributed by atoms with E-state index in [-0.39, 0.29) is 30.4 Å². The van der Waals surface area contributed by atoms with Crippen molar-refractivity contribution in [2.75, 3.05) is 6.61 Å². The Kier molecular flexibility index (Phi) is 10.8. The summed E-state index contributed by atoms with van der Waals surface area (Å²) in [4.78, 5) is 57.3. The van der Waals surface area contributed by atoms with E-state index in [0.717, 1.165) is 24.8 Å². The van der Waals surface area contributed by atoms with E-state index < -0.39 is 36.0 Å². The van der Waals surface area contributed by atoms with E-state index >= 15 is 0 Å². The number of hydrogen-bond donors (Lipinski definition) is 4. The molecule has 0 spiro atoms. The van der Waals surface area contributed by atoms with Crippen molar-refractivity contribution in [3.05, 3.63) is 35.9 Å². The van der Waals surface area contributed by atoms with Gasteiger partial charge < -0.3 is 25.0 Å². The van der Waals surface area contributed by atoms with E-state index in [4.69, 9.17) is 24.5 Å². The van der Waals surface area contributed by atoms with Gasteiger partial charge in [-0.25, -0.2) is 14.4 Å². The van der Waals surface area contributed by atoms with E-state index in [9.17, 15) is 19.5 Å². The highest BCUT2D eigenvalue weighted by molar-refractivity contribution is 6.27. The molecule has 0 unspecified atom stereocenters. The van der Waals surface area contributed by atoms with E-state index in [1.165, 1.54) is 0 Å². The highest BCUT2D eigenvalue weighted by Gasteiger charge is 2.49. The highest BCUT2D eigenvalue weighted by Crippen LogP contribution is 2.41. The largest absolute Gasteiger partial charge is 0.480 e. The van der Waals surface area contributed by atoms with Crippen LogP contribution in [0.15, 0.2) is 30.3 Å². The lowest BCUT2D eigenvalue weighted by Crippen LogP contribution is -2.55. The van der Waals surface area contributed by atoms with Crippen LogP contribution in [0.4, 0.5) is 0 Å². The molecule has 1 aromatic rings. The summed E-state index contributed by atoms with van der Waals surface area (Å²) >= 11 is 0. The van der Waals surface area contributed by atoms with E-state index in [0.29, 0.717) is 19.3 Å². The van der Waals surface area contributed by atoms with E-state index in [1.54, 1.807) is 18.7 Å². The topological polar surface area (TPSA) is 171 Å². The molecule has 1 saturated carbocycles. The summed E-state index contributed by atoms with van der Waals surface area (Å²) in [6, 6.07) is 7.76. The van der Waals surface area contributed by atoms with Gasteiger partial charge in [-0.05, 0) is 57.4 Å². The van der Waals surface area contributed by atoms with Gasteiger partial charge in [-0.1, -0.05) is 36.8 Å². The predicted molar refractivity (Wildman–Crippen MR) is 127 cm³/mol. The SMILES string of the molecule is CCOC(=O)[C@@H](CCc1ccccc1)N[C@@H](C)C(=O)N1[C@H](C(=O)O)C[C@@H]2CCC[C@@H]21.O=C(O)C(=O)O. The molecule has 2 fully saturated rings. The number of benzene rings is 1. The molecule has 1 aliphatic carbocycles. The van der Waals surface area contributed by atoms with Crippen LogP contribution in [-0.2, 0) is 35.1 Å². The Bertz CT molecular complexity index is 925. The molecule has 1 amide bonds. The summed E-state index contributed by atoms with van der Waals surface area (Å²) in [5.74, 6) is -4.96. The highest BCUT2D eigenvalue weighted by atomic mass is 16.5. The van der Waals surface area contributed by atoms with Crippen LogP contribution in [0.25, 0.3) is 0 Å². The number of esters is 1. The molecule has 1 aliphatic heterocycles. The molecular formula is C25H34N2O9. The van der Waals surface area contributed by atoms with Gasteiger partial charge in [-0.15, -0.1) is 0 Å². The Morgan fingerprint density at radius 1 is 1.06 bits per heavy atom. The van der Waals surface area contributed by atoms with Crippen LogP contribution >= 0.6 is 0 Å². The minimum absolute atomic E-state index is 0.00629. The quantitative estimate of drug-likeness (QED) is 0.284. The van der Waals surface area contributed by atoms with Crippen molar-refractivity contribution in [2.24, 2.45) is 5.92 Å². The third-order valence-corrected chi connectivity index (χ3v) is 6.52. The number of carbonyl (C=O) groups excluding carboxylic acids is 2. The lowest BCUT2D eigenvalue weighted by atomic mass is 10.0. The molecule has 1 saturated heterocycles. The Balaban J connectivity index is 0.000000678. The van der Waals surface area contributed by atoms with Gasteiger partial charge in [0.15, 0.2) is 0 Å². The maximum absolute atomic E-state index is 13.2. The zero-order valence-corrected chi connectivity index (χ0v) is 20.5. The number of amides is 1. The van der Waals surface area contributed by atoms with Crippen molar-refractivity contribution in [3.63, 3.8) is 0 Å². The molecule has 1 aromatic carbocycles. The second-order valence-electron chi connectivity index (χ2n) is 8.92. The lowest BCUT2D eigenvalue weighted by Gasteiger charge is -2.31. The number of aryl methyl sites for hydroxylation is 1. The van der Waals surface area contributed by atoms with Crippen LogP contribution in [0.3, 0.4) is 0 Å². The normalized spacial score (nSPS) is 21.9. The first kappa shape index (κ1) is 28.8. The lowest BCUT2D eigenvalue weighted by molar-refractivity contribution is -0.159. The van der Waals surface area contributed by atoms with Crippen LogP contribution in [0.2, 0.25) is 0 Å². The molecule has 11 heteroatoms. The van der Waals surface area contributed by atoms with Crippen molar-refractivity contribution < 1.29 is 44.0 Å². The Labute approximate surface area is 209 Å².